The number of nitrogens with zero attached hydrogens (tertiary/aromatic N) is 1. The van der Waals surface area contributed by atoms with Crippen LogP contribution in [0, 0.1) is 0 Å². The quantitative estimate of drug-likeness (QED) is 0.717. The van der Waals surface area contributed by atoms with Crippen LogP contribution in [-0.2, 0) is 22.6 Å². The Morgan fingerprint density at radius 3 is 2.29 bits per heavy atom. The van der Waals surface area contributed by atoms with Gasteiger partial charge in [0.2, 0.25) is 0 Å². The zero-order chi connectivity index (χ0) is 19.8. The summed E-state index contributed by atoms with van der Waals surface area (Å²) < 4.78 is 10.5. The molecule has 1 fully saturated rings. The molecule has 0 unspecified atom stereocenters. The molecule has 0 aromatic heterocycles. The van der Waals surface area contributed by atoms with Crippen molar-refractivity contribution in [1.82, 2.24) is 10.2 Å². The summed E-state index contributed by atoms with van der Waals surface area (Å²) in [5, 5.41) is 2.90. The second-order valence-corrected chi connectivity index (χ2v) is 6.67. The van der Waals surface area contributed by atoms with Crippen LogP contribution < -0.4 is 15.8 Å². The van der Waals surface area contributed by atoms with Crippen molar-refractivity contribution in [2.45, 2.75) is 13.1 Å². The van der Waals surface area contributed by atoms with E-state index in [1.54, 1.807) is 24.3 Å². The van der Waals surface area contributed by atoms with E-state index in [1.807, 2.05) is 12.1 Å². The summed E-state index contributed by atoms with van der Waals surface area (Å²) in [6, 6.07) is 14.8. The third-order valence-electron chi connectivity index (χ3n) is 4.48. The molecule has 0 spiro atoms. The van der Waals surface area contributed by atoms with Crippen molar-refractivity contribution in [3.8, 4) is 5.75 Å². The second kappa shape index (κ2) is 9.87. The first-order valence-corrected chi connectivity index (χ1v) is 9.27. The highest BCUT2D eigenvalue weighted by Crippen LogP contribution is 2.13. The smallest absolute Gasteiger partial charge is 0.255 e. The molecule has 0 aliphatic carbocycles. The Balaban J connectivity index is 1.46. The lowest BCUT2D eigenvalue weighted by molar-refractivity contribution is -0.119. The van der Waals surface area contributed by atoms with Crippen LogP contribution >= 0.6 is 0 Å². The number of nitrogens with one attached hydrogen (secondary N) is 1. The number of ether oxygens (including phenoxy) is 2. The van der Waals surface area contributed by atoms with Gasteiger partial charge in [0, 0.05) is 31.7 Å². The fourth-order valence-electron chi connectivity index (χ4n) is 2.92. The largest absolute Gasteiger partial charge is 0.484 e. The molecule has 2 aromatic rings. The molecule has 7 nitrogen and oxygen atoms in total. The van der Waals surface area contributed by atoms with Crippen LogP contribution in [0.15, 0.2) is 48.5 Å². The van der Waals surface area contributed by atoms with Crippen LogP contribution in [0.1, 0.15) is 21.5 Å². The fraction of sp³-hybridized carbons (Fsp3) is 0.333. The van der Waals surface area contributed by atoms with Crippen LogP contribution in [0.5, 0.6) is 5.75 Å². The first-order chi connectivity index (χ1) is 13.6. The maximum Gasteiger partial charge on any atom is 0.255 e. The molecule has 1 aliphatic rings. The topological polar surface area (TPSA) is 93.9 Å². The van der Waals surface area contributed by atoms with Crippen LogP contribution in [-0.4, -0.2) is 49.6 Å². The third-order valence-corrected chi connectivity index (χ3v) is 4.48. The Kier molecular flexibility index (Phi) is 7.00. The molecule has 2 amide bonds. The Labute approximate surface area is 164 Å². The zero-order valence-electron chi connectivity index (χ0n) is 15.7. The first-order valence-electron chi connectivity index (χ1n) is 9.27. The minimum Gasteiger partial charge on any atom is -0.484 e. The third kappa shape index (κ3) is 6.07. The molecule has 148 valence electrons. The number of primary amides is 1. The van der Waals surface area contributed by atoms with Gasteiger partial charge in [-0.15, -0.1) is 0 Å². The summed E-state index contributed by atoms with van der Waals surface area (Å²) in [6.07, 6.45) is 0. The minimum atomic E-state index is -0.544. The van der Waals surface area contributed by atoms with Crippen molar-refractivity contribution in [3.05, 3.63) is 65.2 Å². The van der Waals surface area contributed by atoms with Crippen molar-refractivity contribution >= 4 is 11.8 Å². The Morgan fingerprint density at radius 1 is 1.00 bits per heavy atom. The molecule has 1 aliphatic heterocycles. The van der Waals surface area contributed by atoms with E-state index in [4.69, 9.17) is 15.2 Å². The summed E-state index contributed by atoms with van der Waals surface area (Å²) >= 11 is 0. The summed E-state index contributed by atoms with van der Waals surface area (Å²) in [6.45, 7) is 4.70. The van der Waals surface area contributed by atoms with E-state index in [0.717, 1.165) is 38.4 Å². The number of benzene rings is 2. The van der Waals surface area contributed by atoms with E-state index < -0.39 is 5.91 Å². The van der Waals surface area contributed by atoms with E-state index >= 15 is 0 Å². The van der Waals surface area contributed by atoms with Gasteiger partial charge in [-0.05, 0) is 35.4 Å². The lowest BCUT2D eigenvalue weighted by Gasteiger charge is -2.26. The van der Waals surface area contributed by atoms with Crippen molar-refractivity contribution in [3.63, 3.8) is 0 Å². The first kappa shape index (κ1) is 19.9. The number of carbonyl (C=O) groups excluding carboxylic acids is 2. The van der Waals surface area contributed by atoms with Crippen LogP contribution in [0.2, 0.25) is 0 Å². The number of hydrogen-bond acceptors (Lipinski definition) is 5. The Hall–Kier alpha value is -2.90. The molecule has 0 saturated carbocycles. The number of nitrogens with two attached hydrogens (primary N) is 1. The van der Waals surface area contributed by atoms with Gasteiger partial charge in [-0.1, -0.05) is 24.3 Å². The molecule has 3 N–H and O–H groups in total. The second-order valence-electron chi connectivity index (χ2n) is 6.67. The van der Waals surface area contributed by atoms with Gasteiger partial charge < -0.3 is 20.5 Å². The highest BCUT2D eigenvalue weighted by molar-refractivity contribution is 5.94. The van der Waals surface area contributed by atoms with Crippen molar-refractivity contribution in [2.24, 2.45) is 5.73 Å². The maximum absolute atomic E-state index is 12.3. The highest BCUT2D eigenvalue weighted by atomic mass is 16.5. The molecule has 0 atom stereocenters. The Morgan fingerprint density at radius 2 is 1.64 bits per heavy atom. The van der Waals surface area contributed by atoms with Crippen molar-refractivity contribution in [2.75, 3.05) is 32.9 Å². The molecule has 28 heavy (non-hydrogen) atoms. The number of rotatable bonds is 8. The average Bonchev–Trinajstić information content (AvgIpc) is 2.72. The van der Waals surface area contributed by atoms with Crippen LogP contribution in [0.25, 0.3) is 0 Å². The molecule has 7 heteroatoms. The predicted molar refractivity (Wildman–Crippen MR) is 105 cm³/mol. The molecule has 1 heterocycles. The van der Waals surface area contributed by atoms with Crippen molar-refractivity contribution < 1.29 is 19.1 Å². The van der Waals surface area contributed by atoms with Gasteiger partial charge in [-0.25, -0.2) is 0 Å². The molecule has 3 rings (SSSR count). The fourth-order valence-corrected chi connectivity index (χ4v) is 2.92. The van der Waals surface area contributed by atoms with E-state index in [1.165, 1.54) is 5.56 Å². The van der Waals surface area contributed by atoms with E-state index in [9.17, 15) is 9.59 Å². The van der Waals surface area contributed by atoms with E-state index in [2.05, 4.69) is 22.3 Å². The molecular formula is C21H25N3O4. The van der Waals surface area contributed by atoms with Gasteiger partial charge in [-0.3, -0.25) is 14.5 Å². The average molecular weight is 383 g/mol. The maximum atomic E-state index is 12.3. The lowest BCUT2D eigenvalue weighted by atomic mass is 10.1. The summed E-state index contributed by atoms with van der Waals surface area (Å²) in [4.78, 5) is 25.4. The number of morpholine rings is 1. The van der Waals surface area contributed by atoms with E-state index in [0.29, 0.717) is 17.9 Å². The van der Waals surface area contributed by atoms with Gasteiger partial charge in [0.05, 0.1) is 13.2 Å². The molecule has 2 aromatic carbocycles. The lowest BCUT2D eigenvalue weighted by Crippen LogP contribution is -2.35. The molecule has 0 bridgehead atoms. The van der Waals surface area contributed by atoms with Gasteiger partial charge in [0.1, 0.15) is 5.75 Å². The molecule has 1 saturated heterocycles. The van der Waals surface area contributed by atoms with Crippen LogP contribution in [0.3, 0.4) is 0 Å². The summed E-state index contributed by atoms with van der Waals surface area (Å²) in [5.74, 6) is -0.220. The number of hydrogen-bond donors (Lipinski definition) is 2. The zero-order valence-corrected chi connectivity index (χ0v) is 15.7. The highest BCUT2D eigenvalue weighted by Gasteiger charge is 2.11. The Bertz CT molecular complexity index is 784. The number of amides is 2. The summed E-state index contributed by atoms with van der Waals surface area (Å²) in [7, 11) is 0. The normalized spacial score (nSPS) is 14.4. The monoisotopic (exact) mass is 383 g/mol. The van der Waals surface area contributed by atoms with E-state index in [-0.39, 0.29) is 12.5 Å². The standard InChI is InChI=1S/C21H25N3O4/c22-20(25)15-28-19-7-5-18(6-8-19)21(26)23-13-16-1-3-17(4-2-16)14-24-9-11-27-12-10-24/h1-8H,9-15H2,(H2,22,25)(H,23,26). The molecular weight excluding hydrogens is 358 g/mol. The summed E-state index contributed by atoms with van der Waals surface area (Å²) in [5.41, 5.74) is 7.85. The van der Waals surface area contributed by atoms with Gasteiger partial charge in [-0.2, -0.15) is 0 Å². The molecule has 0 radical (unpaired) electrons. The van der Waals surface area contributed by atoms with Crippen molar-refractivity contribution in [1.29, 1.82) is 0 Å². The van der Waals surface area contributed by atoms with Gasteiger partial charge in [0.15, 0.2) is 6.61 Å². The van der Waals surface area contributed by atoms with Crippen LogP contribution in [0.4, 0.5) is 0 Å². The van der Waals surface area contributed by atoms with Gasteiger partial charge >= 0.3 is 0 Å². The van der Waals surface area contributed by atoms with Gasteiger partial charge in [0.25, 0.3) is 11.8 Å². The SMILES string of the molecule is NC(=O)COc1ccc(C(=O)NCc2ccc(CN3CCOCC3)cc2)cc1. The number of carbonyl (C=O) groups is 2. The minimum absolute atomic E-state index is 0.168. The predicted octanol–water partition coefficient (Wildman–Crippen LogP) is 1.31.